The summed E-state index contributed by atoms with van der Waals surface area (Å²) in [5.74, 6) is 0.479. The van der Waals surface area contributed by atoms with Crippen LogP contribution in [0.25, 0.3) is 11.1 Å². The van der Waals surface area contributed by atoms with Gasteiger partial charge in [-0.3, -0.25) is 4.79 Å². The van der Waals surface area contributed by atoms with E-state index in [9.17, 15) is 4.79 Å². The lowest BCUT2D eigenvalue weighted by molar-refractivity contribution is -0.123. The van der Waals surface area contributed by atoms with Crippen molar-refractivity contribution in [3.05, 3.63) is 60.2 Å². The molecule has 1 aliphatic carbocycles. The number of carbonyl (C=O) groups excluding carboxylic acids is 1. The summed E-state index contributed by atoms with van der Waals surface area (Å²) in [7, 11) is 0. The SMILES string of the molecule is Cl.O=C(NCc1ccc(-c2ccccc2)cc1)C1CC12CCNCC2. The second-order valence-electron chi connectivity index (χ2n) is 7.15. The number of amides is 1. The molecule has 1 unspecified atom stereocenters. The molecule has 2 aromatic carbocycles. The van der Waals surface area contributed by atoms with Crippen LogP contribution < -0.4 is 10.6 Å². The number of rotatable bonds is 4. The Kier molecular flexibility index (Phi) is 5.45. The molecule has 0 radical (unpaired) electrons. The zero-order valence-electron chi connectivity index (χ0n) is 14.3. The predicted octanol–water partition coefficient (Wildman–Crippen LogP) is 3.78. The van der Waals surface area contributed by atoms with Crippen LogP contribution in [0, 0.1) is 11.3 Å². The molecule has 0 bridgehead atoms. The normalized spacial score (nSPS) is 20.6. The van der Waals surface area contributed by atoms with Crippen molar-refractivity contribution in [1.82, 2.24) is 10.6 Å². The van der Waals surface area contributed by atoms with E-state index < -0.39 is 0 Å². The summed E-state index contributed by atoms with van der Waals surface area (Å²) in [6.07, 6.45) is 3.38. The van der Waals surface area contributed by atoms with E-state index in [4.69, 9.17) is 0 Å². The number of benzene rings is 2. The zero-order chi connectivity index (χ0) is 16.4. The molecule has 1 atom stereocenters. The Morgan fingerprint density at radius 3 is 2.32 bits per heavy atom. The van der Waals surface area contributed by atoms with Gasteiger partial charge in [0.05, 0.1) is 0 Å². The van der Waals surface area contributed by atoms with Crippen molar-refractivity contribution in [2.75, 3.05) is 13.1 Å². The van der Waals surface area contributed by atoms with E-state index in [0.717, 1.165) is 37.9 Å². The van der Waals surface area contributed by atoms with Crippen LogP contribution in [-0.2, 0) is 11.3 Å². The lowest BCUT2D eigenvalue weighted by atomic mass is 9.92. The monoisotopic (exact) mass is 356 g/mol. The predicted molar refractivity (Wildman–Crippen MR) is 104 cm³/mol. The number of hydrogen-bond donors (Lipinski definition) is 2. The molecular weight excluding hydrogens is 332 g/mol. The number of nitrogens with one attached hydrogen (secondary N) is 2. The van der Waals surface area contributed by atoms with E-state index in [2.05, 4.69) is 59.2 Å². The highest BCUT2D eigenvalue weighted by atomic mass is 35.5. The van der Waals surface area contributed by atoms with E-state index in [1.807, 2.05) is 6.07 Å². The molecular formula is C21H25ClN2O. The molecule has 2 N–H and O–H groups in total. The van der Waals surface area contributed by atoms with Gasteiger partial charge in [0.1, 0.15) is 0 Å². The Morgan fingerprint density at radius 2 is 1.64 bits per heavy atom. The van der Waals surface area contributed by atoms with Crippen molar-refractivity contribution in [2.45, 2.75) is 25.8 Å². The molecule has 3 nitrogen and oxygen atoms in total. The maximum Gasteiger partial charge on any atom is 0.223 e. The van der Waals surface area contributed by atoms with Gasteiger partial charge in [-0.25, -0.2) is 0 Å². The average Bonchev–Trinajstić information content (AvgIpc) is 3.34. The second kappa shape index (κ2) is 7.59. The van der Waals surface area contributed by atoms with Gasteiger partial charge in [0.15, 0.2) is 0 Å². The third-order valence-electron chi connectivity index (χ3n) is 5.63. The molecule has 4 rings (SSSR count). The fraction of sp³-hybridized carbons (Fsp3) is 0.381. The minimum Gasteiger partial charge on any atom is -0.352 e. The van der Waals surface area contributed by atoms with Gasteiger partial charge in [0.2, 0.25) is 5.91 Å². The highest BCUT2D eigenvalue weighted by molar-refractivity contribution is 5.85. The minimum atomic E-state index is 0. The molecule has 25 heavy (non-hydrogen) atoms. The molecule has 1 amide bonds. The van der Waals surface area contributed by atoms with Gasteiger partial charge in [-0.2, -0.15) is 0 Å². The maximum absolute atomic E-state index is 12.4. The summed E-state index contributed by atoms with van der Waals surface area (Å²) in [6, 6.07) is 18.8. The Labute approximate surface area is 155 Å². The topological polar surface area (TPSA) is 41.1 Å². The van der Waals surface area contributed by atoms with Crippen molar-refractivity contribution in [2.24, 2.45) is 11.3 Å². The fourth-order valence-electron chi connectivity index (χ4n) is 3.95. The van der Waals surface area contributed by atoms with Crippen molar-refractivity contribution >= 4 is 18.3 Å². The molecule has 2 aromatic rings. The molecule has 0 aromatic heterocycles. The van der Waals surface area contributed by atoms with Gasteiger partial charge in [-0.15, -0.1) is 12.4 Å². The Hall–Kier alpha value is -1.84. The van der Waals surface area contributed by atoms with Crippen molar-refractivity contribution in [1.29, 1.82) is 0 Å². The zero-order valence-corrected chi connectivity index (χ0v) is 15.1. The minimum absolute atomic E-state index is 0. The summed E-state index contributed by atoms with van der Waals surface area (Å²) >= 11 is 0. The third kappa shape index (κ3) is 3.88. The van der Waals surface area contributed by atoms with E-state index in [1.165, 1.54) is 11.1 Å². The standard InChI is InChI=1S/C21H24N2O.ClH/c24-20(19-14-21(19)10-12-22-13-11-21)23-15-16-6-8-18(9-7-16)17-4-2-1-3-5-17;/h1-9,19,22H,10-15H2,(H,23,24);1H. The molecule has 1 saturated heterocycles. The van der Waals surface area contributed by atoms with Crippen molar-refractivity contribution in [3.8, 4) is 11.1 Å². The molecule has 1 heterocycles. The second-order valence-corrected chi connectivity index (χ2v) is 7.15. The molecule has 1 aliphatic heterocycles. The molecule has 1 spiro atoms. The van der Waals surface area contributed by atoms with Gasteiger partial charge in [-0.05, 0) is 54.5 Å². The van der Waals surface area contributed by atoms with Crippen LogP contribution >= 0.6 is 12.4 Å². The first-order valence-electron chi connectivity index (χ1n) is 8.90. The number of halogens is 1. The van der Waals surface area contributed by atoms with Crippen LogP contribution in [0.15, 0.2) is 54.6 Å². The summed E-state index contributed by atoms with van der Waals surface area (Å²) in [6.45, 7) is 2.74. The lowest BCUT2D eigenvalue weighted by Gasteiger charge is -2.23. The van der Waals surface area contributed by atoms with Crippen molar-refractivity contribution in [3.63, 3.8) is 0 Å². The summed E-state index contributed by atoms with van der Waals surface area (Å²) < 4.78 is 0. The number of piperidine rings is 1. The Bertz CT molecular complexity index is 708. The lowest BCUT2D eigenvalue weighted by Crippen LogP contribution is -2.33. The van der Waals surface area contributed by atoms with Crippen LogP contribution in [0.5, 0.6) is 0 Å². The summed E-state index contributed by atoms with van der Waals surface area (Å²) in [4.78, 5) is 12.4. The largest absolute Gasteiger partial charge is 0.352 e. The smallest absolute Gasteiger partial charge is 0.223 e. The van der Waals surface area contributed by atoms with Gasteiger partial charge in [-0.1, -0.05) is 54.6 Å². The van der Waals surface area contributed by atoms with Gasteiger partial charge < -0.3 is 10.6 Å². The molecule has 1 saturated carbocycles. The van der Waals surface area contributed by atoms with E-state index in [-0.39, 0.29) is 24.2 Å². The number of carbonyl (C=O) groups is 1. The molecule has 4 heteroatoms. The van der Waals surface area contributed by atoms with E-state index >= 15 is 0 Å². The van der Waals surface area contributed by atoms with Gasteiger partial charge >= 0.3 is 0 Å². The highest BCUT2D eigenvalue weighted by Gasteiger charge is 2.57. The van der Waals surface area contributed by atoms with Crippen molar-refractivity contribution < 1.29 is 4.79 Å². The first-order valence-corrected chi connectivity index (χ1v) is 8.90. The van der Waals surface area contributed by atoms with Crippen LogP contribution in [0.3, 0.4) is 0 Å². The molecule has 2 fully saturated rings. The summed E-state index contributed by atoms with van der Waals surface area (Å²) in [5.41, 5.74) is 3.90. The first kappa shape index (κ1) is 18.0. The Morgan fingerprint density at radius 1 is 1.00 bits per heavy atom. The van der Waals surface area contributed by atoms with Crippen LogP contribution in [0.4, 0.5) is 0 Å². The van der Waals surface area contributed by atoms with Crippen LogP contribution in [-0.4, -0.2) is 19.0 Å². The quantitative estimate of drug-likeness (QED) is 0.875. The highest BCUT2D eigenvalue weighted by Crippen LogP contribution is 2.58. The fourth-order valence-corrected chi connectivity index (χ4v) is 3.95. The van der Waals surface area contributed by atoms with Gasteiger partial charge in [0, 0.05) is 12.5 Å². The van der Waals surface area contributed by atoms with Gasteiger partial charge in [0.25, 0.3) is 0 Å². The summed E-state index contributed by atoms with van der Waals surface area (Å²) in [5, 5.41) is 6.52. The molecule has 132 valence electrons. The first-order chi connectivity index (χ1) is 11.8. The Balaban J connectivity index is 0.00000182. The van der Waals surface area contributed by atoms with Crippen LogP contribution in [0.2, 0.25) is 0 Å². The third-order valence-corrected chi connectivity index (χ3v) is 5.63. The van der Waals surface area contributed by atoms with Crippen LogP contribution in [0.1, 0.15) is 24.8 Å². The van der Waals surface area contributed by atoms with E-state index in [0.29, 0.717) is 12.0 Å². The van der Waals surface area contributed by atoms with E-state index in [1.54, 1.807) is 0 Å². The number of hydrogen-bond acceptors (Lipinski definition) is 2. The molecule has 2 aliphatic rings. The average molecular weight is 357 g/mol. The maximum atomic E-state index is 12.4.